The summed E-state index contributed by atoms with van der Waals surface area (Å²) in [5.74, 6) is -0.229. The van der Waals surface area contributed by atoms with Crippen LogP contribution < -0.4 is 10.3 Å². The number of thiophene rings is 1. The minimum atomic E-state index is -0.317. The number of benzene rings is 2. The largest absolute Gasteiger partial charge is 0.491 e. The van der Waals surface area contributed by atoms with Gasteiger partial charge in [-0.2, -0.15) is 0 Å². The summed E-state index contributed by atoms with van der Waals surface area (Å²) in [4.78, 5) is 52.2. The molecular formula is C31H24ClN5O5S. The number of pyridine rings is 1. The number of carbonyl (C=O) groups is 3. The van der Waals surface area contributed by atoms with Crippen molar-refractivity contribution in [1.29, 1.82) is 0 Å². The van der Waals surface area contributed by atoms with Crippen molar-refractivity contribution in [3.8, 4) is 17.1 Å². The van der Waals surface area contributed by atoms with E-state index in [2.05, 4.69) is 10.3 Å². The van der Waals surface area contributed by atoms with Crippen molar-refractivity contribution in [3.05, 3.63) is 122 Å². The summed E-state index contributed by atoms with van der Waals surface area (Å²) < 4.78 is 9.76. The fourth-order valence-electron chi connectivity index (χ4n) is 4.80. The number of fused-ring (bicyclic) bond motifs is 1. The number of ether oxygens (including phenoxy) is 1. The smallest absolute Gasteiger partial charge is 0.261 e. The molecule has 2 aromatic carbocycles. The predicted molar refractivity (Wildman–Crippen MR) is 161 cm³/mol. The Kier molecular flexibility index (Phi) is 7.99. The third-order valence-electron chi connectivity index (χ3n) is 6.95. The normalized spacial score (nSPS) is 12.5. The average Bonchev–Trinajstić information content (AvgIpc) is 3.73. The van der Waals surface area contributed by atoms with Crippen LogP contribution in [0.25, 0.3) is 11.4 Å². The summed E-state index contributed by atoms with van der Waals surface area (Å²) in [6.07, 6.45) is 4.42. The number of hydrogen-bond donors (Lipinski definition) is 0. The number of nitrogens with zero attached hydrogens (tertiary/aromatic N) is 5. The second kappa shape index (κ2) is 12.2. The van der Waals surface area contributed by atoms with Crippen LogP contribution in [0.2, 0.25) is 4.34 Å². The van der Waals surface area contributed by atoms with Gasteiger partial charge in [-0.05, 0) is 48.9 Å². The number of ketones is 1. The molecule has 4 heterocycles. The van der Waals surface area contributed by atoms with E-state index < -0.39 is 0 Å². The maximum atomic E-state index is 12.7. The molecule has 1 aliphatic rings. The molecule has 6 rings (SSSR count). The summed E-state index contributed by atoms with van der Waals surface area (Å²) in [5.41, 5.74) is 2.38. The first-order chi connectivity index (χ1) is 20.9. The Labute approximate surface area is 254 Å². The third-order valence-corrected chi connectivity index (χ3v) is 8.22. The van der Waals surface area contributed by atoms with Crippen molar-refractivity contribution in [2.24, 2.45) is 0 Å². The predicted octanol–water partition coefficient (Wildman–Crippen LogP) is 5.01. The Hall–Kier alpha value is -4.87. The molecule has 216 valence electrons. The summed E-state index contributed by atoms with van der Waals surface area (Å²) in [6.45, 7) is 0.378. The van der Waals surface area contributed by atoms with Crippen LogP contribution in [0, 0.1) is 0 Å². The average molecular weight is 614 g/mol. The summed E-state index contributed by atoms with van der Waals surface area (Å²) >= 11 is 7.20. The molecule has 0 unspecified atom stereocenters. The Morgan fingerprint density at radius 3 is 2.42 bits per heavy atom. The molecule has 10 nitrogen and oxygen atoms in total. The van der Waals surface area contributed by atoms with Crippen LogP contribution >= 0.6 is 22.9 Å². The van der Waals surface area contributed by atoms with E-state index in [9.17, 15) is 19.2 Å². The topological polar surface area (TPSA) is 116 Å². The van der Waals surface area contributed by atoms with Crippen molar-refractivity contribution >= 4 is 40.5 Å². The van der Waals surface area contributed by atoms with E-state index in [1.54, 1.807) is 83.8 Å². The highest BCUT2D eigenvalue weighted by Crippen LogP contribution is 2.27. The molecule has 0 saturated heterocycles. The standard InChI is InChI=1S/C31H24ClN5O5S/c32-28-14-13-27(43-28)25(38)12-9-20-19-37(34-33-20)24-11-10-21(35-15-4-3-8-29(35)39)18-26(24)42-17-5-16-36-30(40)22-6-1-2-7-23(22)31(36)41/h1-4,6-8,10-11,13-15,18-19H,5,9,12,16-17H2. The second-order valence-electron chi connectivity index (χ2n) is 9.75. The SMILES string of the molecule is O=C(CCc1cn(-c2ccc(-n3ccccc3=O)cc2OCCCN2C(=O)c3ccccc3C2=O)nn1)c1ccc(Cl)s1. The van der Waals surface area contributed by atoms with Crippen molar-refractivity contribution in [2.75, 3.05) is 13.2 Å². The maximum absolute atomic E-state index is 12.7. The van der Waals surface area contributed by atoms with E-state index >= 15 is 0 Å². The Morgan fingerprint density at radius 1 is 0.930 bits per heavy atom. The molecule has 0 saturated carbocycles. The summed E-state index contributed by atoms with van der Waals surface area (Å²) in [6, 6.07) is 20.3. The zero-order valence-electron chi connectivity index (χ0n) is 22.7. The van der Waals surface area contributed by atoms with Gasteiger partial charge in [0.25, 0.3) is 17.4 Å². The number of aryl methyl sites for hydroxylation is 1. The van der Waals surface area contributed by atoms with Gasteiger partial charge in [0, 0.05) is 37.7 Å². The van der Waals surface area contributed by atoms with Crippen LogP contribution in [0.15, 0.2) is 90.0 Å². The van der Waals surface area contributed by atoms with Crippen LogP contribution in [0.4, 0.5) is 0 Å². The van der Waals surface area contributed by atoms with Crippen LogP contribution in [-0.2, 0) is 6.42 Å². The molecule has 0 N–H and O–H groups in total. The molecule has 0 spiro atoms. The van der Waals surface area contributed by atoms with Crippen LogP contribution in [0.1, 0.15) is 48.9 Å². The second-order valence-corrected chi connectivity index (χ2v) is 11.5. The van der Waals surface area contributed by atoms with Gasteiger partial charge in [0.05, 0.1) is 44.5 Å². The lowest BCUT2D eigenvalue weighted by Crippen LogP contribution is -2.31. The van der Waals surface area contributed by atoms with E-state index in [4.69, 9.17) is 16.3 Å². The molecule has 0 aliphatic carbocycles. The zero-order valence-corrected chi connectivity index (χ0v) is 24.3. The number of imide groups is 1. The number of halogens is 1. The number of Topliss-reactive ketones (excluding diaryl/α,β-unsaturated/α-hetero) is 1. The van der Waals surface area contributed by atoms with Crippen LogP contribution in [-0.4, -0.2) is 55.2 Å². The summed E-state index contributed by atoms with van der Waals surface area (Å²) in [7, 11) is 0. The van der Waals surface area contributed by atoms with Crippen LogP contribution in [0.3, 0.4) is 0 Å². The van der Waals surface area contributed by atoms with Crippen molar-refractivity contribution in [1.82, 2.24) is 24.5 Å². The fourth-order valence-corrected chi connectivity index (χ4v) is 5.82. The molecule has 0 bridgehead atoms. The summed E-state index contributed by atoms with van der Waals surface area (Å²) in [5, 5.41) is 8.48. The van der Waals surface area contributed by atoms with Gasteiger partial charge in [0.15, 0.2) is 5.78 Å². The first kappa shape index (κ1) is 28.3. The van der Waals surface area contributed by atoms with Gasteiger partial charge in [0.1, 0.15) is 11.4 Å². The molecule has 0 fully saturated rings. The van der Waals surface area contributed by atoms with Gasteiger partial charge >= 0.3 is 0 Å². The minimum absolute atomic E-state index is 0.0220. The van der Waals surface area contributed by atoms with E-state index in [-0.39, 0.29) is 42.7 Å². The highest BCUT2D eigenvalue weighted by molar-refractivity contribution is 7.18. The highest BCUT2D eigenvalue weighted by Gasteiger charge is 2.34. The van der Waals surface area contributed by atoms with Gasteiger partial charge in [-0.3, -0.25) is 28.6 Å². The van der Waals surface area contributed by atoms with E-state index in [0.717, 1.165) is 0 Å². The fraction of sp³-hybridized carbons (Fsp3) is 0.161. The Morgan fingerprint density at radius 2 is 1.70 bits per heavy atom. The minimum Gasteiger partial charge on any atom is -0.491 e. The quantitative estimate of drug-likeness (QED) is 0.117. The van der Waals surface area contributed by atoms with Gasteiger partial charge in [-0.25, -0.2) is 4.68 Å². The number of amides is 2. The number of hydrogen-bond acceptors (Lipinski definition) is 8. The monoisotopic (exact) mass is 613 g/mol. The Balaban J connectivity index is 1.18. The van der Waals surface area contributed by atoms with E-state index in [1.165, 1.54) is 26.9 Å². The zero-order chi connectivity index (χ0) is 29.9. The molecule has 3 aromatic heterocycles. The molecule has 5 aromatic rings. The van der Waals surface area contributed by atoms with Crippen molar-refractivity contribution < 1.29 is 19.1 Å². The van der Waals surface area contributed by atoms with E-state index in [0.29, 0.717) is 56.0 Å². The lowest BCUT2D eigenvalue weighted by Gasteiger charge is -2.16. The number of carbonyl (C=O) groups excluding carboxylic acids is 3. The lowest BCUT2D eigenvalue weighted by molar-refractivity contribution is 0.0646. The van der Waals surface area contributed by atoms with Gasteiger partial charge in [-0.15, -0.1) is 16.4 Å². The van der Waals surface area contributed by atoms with Crippen molar-refractivity contribution in [3.63, 3.8) is 0 Å². The highest BCUT2D eigenvalue weighted by atomic mass is 35.5. The molecule has 1 aliphatic heterocycles. The molecular weight excluding hydrogens is 590 g/mol. The molecule has 2 amide bonds. The molecule has 0 atom stereocenters. The number of rotatable bonds is 11. The maximum Gasteiger partial charge on any atom is 0.261 e. The van der Waals surface area contributed by atoms with Crippen LogP contribution in [0.5, 0.6) is 5.75 Å². The Bertz CT molecular complexity index is 1880. The first-order valence-electron chi connectivity index (χ1n) is 13.5. The third kappa shape index (κ3) is 5.90. The van der Waals surface area contributed by atoms with Gasteiger partial charge in [-0.1, -0.05) is 35.0 Å². The number of aromatic nitrogens is 4. The van der Waals surface area contributed by atoms with Gasteiger partial charge < -0.3 is 4.74 Å². The lowest BCUT2D eigenvalue weighted by atomic mass is 10.1. The van der Waals surface area contributed by atoms with Crippen molar-refractivity contribution in [2.45, 2.75) is 19.3 Å². The first-order valence-corrected chi connectivity index (χ1v) is 14.7. The molecule has 43 heavy (non-hydrogen) atoms. The molecule has 0 radical (unpaired) electrons. The van der Waals surface area contributed by atoms with E-state index in [1.807, 2.05) is 0 Å². The van der Waals surface area contributed by atoms with Gasteiger partial charge in [0.2, 0.25) is 0 Å². The molecule has 12 heteroatoms.